The minimum atomic E-state index is -3.84. The molecule has 7 heteroatoms. The minimum absolute atomic E-state index is 0.0200. The van der Waals surface area contributed by atoms with Gasteiger partial charge in [-0.1, -0.05) is 13.0 Å². The third-order valence-corrected chi connectivity index (χ3v) is 4.56. The fourth-order valence-electron chi connectivity index (χ4n) is 1.52. The van der Waals surface area contributed by atoms with Gasteiger partial charge in [-0.2, -0.15) is 0 Å². The quantitative estimate of drug-likeness (QED) is 0.662. The number of benzene rings is 1. The summed E-state index contributed by atoms with van der Waals surface area (Å²) in [5.41, 5.74) is -1.26. The highest BCUT2D eigenvalue weighted by molar-refractivity contribution is 7.89. The zero-order valence-corrected chi connectivity index (χ0v) is 11.8. The highest BCUT2D eigenvalue weighted by Crippen LogP contribution is 2.20. The van der Waals surface area contributed by atoms with Gasteiger partial charge in [0.05, 0.1) is 30.8 Å². The maximum atomic E-state index is 12.2. The molecule has 0 fully saturated rings. The summed E-state index contributed by atoms with van der Waals surface area (Å²) in [6.45, 7) is 0.715. The molecule has 3 N–H and O–H groups in total. The summed E-state index contributed by atoms with van der Waals surface area (Å²) in [6.07, 6.45) is 0.267. The summed E-state index contributed by atoms with van der Waals surface area (Å²) in [4.78, 5) is 0.0200. The lowest BCUT2D eigenvalue weighted by Crippen LogP contribution is -2.53. The van der Waals surface area contributed by atoms with E-state index in [1.54, 1.807) is 19.1 Å². The Labute approximate surface area is 113 Å². The number of ether oxygens (including phenoxy) is 1. The van der Waals surface area contributed by atoms with Gasteiger partial charge in [-0.05, 0) is 18.6 Å². The first-order valence-electron chi connectivity index (χ1n) is 5.83. The molecule has 0 spiro atoms. The molecule has 0 bridgehead atoms. The number of aliphatic hydroxyl groups excluding tert-OH is 2. The van der Waals surface area contributed by atoms with Crippen molar-refractivity contribution < 1.29 is 23.4 Å². The van der Waals surface area contributed by atoms with Crippen LogP contribution >= 0.6 is 0 Å². The van der Waals surface area contributed by atoms with Gasteiger partial charge in [-0.3, -0.25) is 0 Å². The molecule has 0 radical (unpaired) electrons. The topological polar surface area (TPSA) is 95.9 Å². The van der Waals surface area contributed by atoms with Gasteiger partial charge in [0.1, 0.15) is 5.75 Å². The standard InChI is InChI=1S/C12H19NO5S/c1-3-12(8-14,9-15)13-19(16,17)11-6-4-5-10(7-11)18-2/h4-7,13-15H,3,8-9H2,1-2H3. The Balaban J connectivity index is 3.10. The lowest BCUT2D eigenvalue weighted by molar-refractivity contribution is 0.105. The number of aliphatic hydroxyl groups is 2. The first-order chi connectivity index (χ1) is 8.93. The molecule has 0 aliphatic heterocycles. The van der Waals surface area contributed by atoms with E-state index >= 15 is 0 Å². The van der Waals surface area contributed by atoms with E-state index in [4.69, 9.17) is 4.74 Å². The SMILES string of the molecule is CCC(CO)(CO)NS(=O)(=O)c1cccc(OC)c1. The van der Waals surface area contributed by atoms with Crippen LogP contribution in [-0.4, -0.2) is 44.5 Å². The molecule has 0 saturated heterocycles. The van der Waals surface area contributed by atoms with Crippen molar-refractivity contribution in [3.05, 3.63) is 24.3 Å². The molecule has 0 amide bonds. The highest BCUT2D eigenvalue weighted by Gasteiger charge is 2.32. The molecule has 0 saturated carbocycles. The largest absolute Gasteiger partial charge is 0.497 e. The van der Waals surface area contributed by atoms with Crippen LogP contribution < -0.4 is 9.46 Å². The molecule has 0 aliphatic rings. The second-order valence-electron chi connectivity index (χ2n) is 4.23. The summed E-state index contributed by atoms with van der Waals surface area (Å²) < 4.78 is 31.7. The summed E-state index contributed by atoms with van der Waals surface area (Å²) in [5.74, 6) is 0.415. The molecule has 6 nitrogen and oxygen atoms in total. The van der Waals surface area contributed by atoms with Crippen LogP contribution in [0.1, 0.15) is 13.3 Å². The third kappa shape index (κ3) is 3.66. The first-order valence-corrected chi connectivity index (χ1v) is 7.31. The van der Waals surface area contributed by atoms with Crippen LogP contribution in [0.2, 0.25) is 0 Å². The number of methoxy groups -OCH3 is 1. The van der Waals surface area contributed by atoms with Crippen molar-refractivity contribution in [2.24, 2.45) is 0 Å². The molecule has 1 aromatic carbocycles. The second kappa shape index (κ2) is 6.33. The Hall–Kier alpha value is -1.15. The van der Waals surface area contributed by atoms with Crippen molar-refractivity contribution in [1.82, 2.24) is 4.72 Å². The molecule has 0 unspecified atom stereocenters. The molecule has 19 heavy (non-hydrogen) atoms. The van der Waals surface area contributed by atoms with Crippen LogP contribution in [0.25, 0.3) is 0 Å². The van der Waals surface area contributed by atoms with E-state index in [0.29, 0.717) is 5.75 Å². The van der Waals surface area contributed by atoms with E-state index < -0.39 is 28.8 Å². The smallest absolute Gasteiger partial charge is 0.241 e. The van der Waals surface area contributed by atoms with Gasteiger partial charge in [0.25, 0.3) is 0 Å². The Morgan fingerprint density at radius 2 is 1.95 bits per heavy atom. The summed E-state index contributed by atoms with van der Waals surface area (Å²) in [7, 11) is -2.40. The normalized spacial score (nSPS) is 12.4. The van der Waals surface area contributed by atoms with Gasteiger partial charge in [0.2, 0.25) is 10.0 Å². The fraction of sp³-hybridized carbons (Fsp3) is 0.500. The number of nitrogens with one attached hydrogen (secondary N) is 1. The zero-order chi connectivity index (χ0) is 14.5. The number of sulfonamides is 1. The van der Waals surface area contributed by atoms with Crippen LogP contribution in [0.5, 0.6) is 5.75 Å². The lowest BCUT2D eigenvalue weighted by atomic mass is 10.0. The van der Waals surface area contributed by atoms with Crippen molar-refractivity contribution in [3.63, 3.8) is 0 Å². The molecule has 0 heterocycles. The van der Waals surface area contributed by atoms with Crippen LogP contribution in [0.4, 0.5) is 0 Å². The lowest BCUT2D eigenvalue weighted by Gasteiger charge is -2.29. The predicted octanol–water partition coefficient (Wildman–Crippen LogP) is 0.107. The molecule has 108 valence electrons. The number of hydrogen-bond donors (Lipinski definition) is 3. The van der Waals surface area contributed by atoms with Gasteiger partial charge in [-0.25, -0.2) is 13.1 Å². The molecule has 1 aromatic rings. The van der Waals surface area contributed by atoms with Crippen molar-refractivity contribution >= 4 is 10.0 Å². The predicted molar refractivity (Wildman–Crippen MR) is 70.5 cm³/mol. The van der Waals surface area contributed by atoms with Gasteiger partial charge in [0.15, 0.2) is 0 Å². The van der Waals surface area contributed by atoms with Crippen molar-refractivity contribution in [3.8, 4) is 5.75 Å². The second-order valence-corrected chi connectivity index (χ2v) is 5.92. The summed E-state index contributed by atoms with van der Waals surface area (Å²) >= 11 is 0. The van der Waals surface area contributed by atoms with Crippen molar-refractivity contribution in [2.45, 2.75) is 23.8 Å². The maximum Gasteiger partial charge on any atom is 0.241 e. The molecule has 0 aromatic heterocycles. The Bertz CT molecular complexity index is 502. The molecule has 1 rings (SSSR count). The van der Waals surface area contributed by atoms with Crippen molar-refractivity contribution in [1.29, 1.82) is 0 Å². The summed E-state index contributed by atoms with van der Waals surface area (Å²) in [6, 6.07) is 5.97. The number of hydrogen-bond acceptors (Lipinski definition) is 5. The molecular formula is C12H19NO5S. The van der Waals surface area contributed by atoms with E-state index in [0.717, 1.165) is 0 Å². The van der Waals surface area contributed by atoms with Gasteiger partial charge >= 0.3 is 0 Å². The van der Waals surface area contributed by atoms with Gasteiger partial charge in [-0.15, -0.1) is 0 Å². The van der Waals surface area contributed by atoms with Crippen LogP contribution in [0, 0.1) is 0 Å². The van der Waals surface area contributed by atoms with Gasteiger partial charge in [0, 0.05) is 6.07 Å². The van der Waals surface area contributed by atoms with E-state index in [9.17, 15) is 18.6 Å². The molecule has 0 aliphatic carbocycles. The average Bonchev–Trinajstić information content (AvgIpc) is 2.45. The van der Waals surface area contributed by atoms with E-state index in [1.807, 2.05) is 0 Å². The monoisotopic (exact) mass is 289 g/mol. The van der Waals surface area contributed by atoms with E-state index in [1.165, 1.54) is 19.2 Å². The first kappa shape index (κ1) is 15.9. The third-order valence-electron chi connectivity index (χ3n) is 2.98. The van der Waals surface area contributed by atoms with E-state index in [-0.39, 0.29) is 11.3 Å². The number of rotatable bonds is 7. The Morgan fingerprint density at radius 3 is 2.42 bits per heavy atom. The fourth-order valence-corrected chi connectivity index (χ4v) is 3.01. The minimum Gasteiger partial charge on any atom is -0.497 e. The highest BCUT2D eigenvalue weighted by atomic mass is 32.2. The van der Waals surface area contributed by atoms with Crippen molar-refractivity contribution in [2.75, 3.05) is 20.3 Å². The Morgan fingerprint density at radius 1 is 1.32 bits per heavy atom. The Kier molecular flexibility index (Phi) is 5.30. The van der Waals surface area contributed by atoms with Crippen LogP contribution in [0.15, 0.2) is 29.2 Å². The van der Waals surface area contributed by atoms with Crippen LogP contribution in [-0.2, 0) is 10.0 Å². The van der Waals surface area contributed by atoms with Crippen LogP contribution in [0.3, 0.4) is 0 Å². The molecular weight excluding hydrogens is 270 g/mol. The average molecular weight is 289 g/mol. The summed E-state index contributed by atoms with van der Waals surface area (Å²) in [5, 5.41) is 18.6. The maximum absolute atomic E-state index is 12.2. The van der Waals surface area contributed by atoms with Gasteiger partial charge < -0.3 is 14.9 Å². The zero-order valence-electron chi connectivity index (χ0n) is 11.0. The molecule has 0 atom stereocenters. The van der Waals surface area contributed by atoms with E-state index in [2.05, 4.69) is 4.72 Å².